The number of rotatable bonds is 10. The van der Waals surface area contributed by atoms with Crippen molar-refractivity contribution in [2.45, 2.75) is 0 Å². The number of ether oxygens (including phenoxy) is 1. The largest absolute Gasteiger partial charge is 0.510 e. The van der Waals surface area contributed by atoms with Crippen molar-refractivity contribution >= 4 is 76.5 Å². The molecule has 0 spiro atoms. The number of nitrogens with zero attached hydrogens (tertiary/aromatic N) is 6. The minimum Gasteiger partial charge on any atom is -0.510 e. The average Bonchev–Trinajstić information content (AvgIpc) is 2.03. The molecule has 5 heterocycles. The van der Waals surface area contributed by atoms with Crippen molar-refractivity contribution in [1.82, 2.24) is 23.3 Å². The Morgan fingerprint density at radius 3 is 1.37 bits per heavy atom. The topological polar surface area (TPSA) is 45.7 Å². The summed E-state index contributed by atoms with van der Waals surface area (Å²) < 4.78 is 18.0. The summed E-state index contributed by atoms with van der Waals surface area (Å²) in [6.07, 6.45) is 5.79. The number of benzene rings is 12. The van der Waals surface area contributed by atoms with E-state index in [2.05, 4.69) is 302 Å². The van der Waals surface area contributed by atoms with Crippen LogP contribution in [0.1, 0.15) is 0 Å². The van der Waals surface area contributed by atoms with Crippen LogP contribution in [0.15, 0.2) is 291 Å². The Morgan fingerprint density at radius 2 is 0.826 bits per heavy atom. The average molecular weight is 1280 g/mol. The van der Waals surface area contributed by atoms with Gasteiger partial charge in [0.1, 0.15) is 5.82 Å². The molecule has 0 radical (unpaired) electrons. The molecule has 0 atom stereocenters. The molecule has 17 rings (SSSR count). The molecule has 0 amide bonds. The summed E-state index contributed by atoms with van der Waals surface area (Å²) in [6, 6.07) is 108. The number of imidazole rings is 1. The standard InChI is InChI=1S/C78H48N6O.Pt/c1-3-21-52(22-4-1)61-32-20-33-62(53-23-5-2-6-24-53)78(61)81-51-80(74-39-17-18-40-75(74)81)56-25-19-26-59(48-56)85-60-42-43-68-67-31-11-16-38-73(67)84(76(68)49-60)77-44-41-54(50-79-77)55-45-57(82-69-34-12-7-27-63(69)64-28-8-13-35-70(64)82)47-58(46-55)83-71-36-14-9-29-65(71)66-30-10-15-37-72(66)83;/h1-47,50H;/q-2;. The third-order valence-corrected chi connectivity index (χ3v) is 16.7. The quantitative estimate of drug-likeness (QED) is 0.101. The first kappa shape index (κ1) is 50.8. The van der Waals surface area contributed by atoms with Crippen molar-refractivity contribution in [3.63, 3.8) is 0 Å². The van der Waals surface area contributed by atoms with Crippen molar-refractivity contribution < 1.29 is 30.4 Å². The predicted molar refractivity (Wildman–Crippen MR) is 345 cm³/mol. The molecule has 5 aromatic heterocycles. The monoisotopic (exact) mass is 1280 g/mol. The van der Waals surface area contributed by atoms with Gasteiger partial charge in [0.05, 0.1) is 38.8 Å². The Bertz CT molecular complexity index is 5170. The van der Waals surface area contributed by atoms with Gasteiger partial charge in [-0.1, -0.05) is 200 Å². The number of para-hydroxylation sites is 8. The van der Waals surface area contributed by atoms with Crippen LogP contribution < -0.4 is 9.30 Å². The van der Waals surface area contributed by atoms with Crippen molar-refractivity contribution in [2.24, 2.45) is 0 Å². The minimum atomic E-state index is 0. The summed E-state index contributed by atoms with van der Waals surface area (Å²) in [5.74, 6) is 1.88. The Hall–Kier alpha value is -10.9. The number of pyridine rings is 1. The van der Waals surface area contributed by atoms with E-state index < -0.39 is 0 Å². The maximum absolute atomic E-state index is 6.78. The van der Waals surface area contributed by atoms with E-state index >= 15 is 0 Å². The molecule has 0 saturated heterocycles. The summed E-state index contributed by atoms with van der Waals surface area (Å²) in [4.78, 5) is 5.31. The molecule has 0 aliphatic heterocycles. The molecule has 0 fully saturated rings. The van der Waals surface area contributed by atoms with Crippen LogP contribution in [0.25, 0.3) is 138 Å². The van der Waals surface area contributed by atoms with Crippen LogP contribution in [0.3, 0.4) is 0 Å². The molecule has 8 heteroatoms. The van der Waals surface area contributed by atoms with E-state index in [9.17, 15) is 0 Å². The maximum atomic E-state index is 6.78. The predicted octanol–water partition coefficient (Wildman–Crippen LogP) is 18.8. The Balaban J connectivity index is 0.00000600. The van der Waals surface area contributed by atoms with Crippen molar-refractivity contribution in [1.29, 1.82) is 0 Å². The SMILES string of the molecule is [Pt].[c-]1c(Oc2[c-]c3c(cc2)c2ccccc2n3-c2ccc(-c3cc(-n4c5ccccc5c5ccccc54)cc(-n4c5ccccc5c5ccccc54)c3)cn2)cccc1-n1[c-][n+](-c2c(-c3ccccc3)cccc2-c2ccccc2)c2ccccc21. The van der Waals surface area contributed by atoms with Crippen LogP contribution in [-0.4, -0.2) is 23.3 Å². The van der Waals surface area contributed by atoms with Gasteiger partial charge in [-0.15, -0.1) is 29.7 Å². The van der Waals surface area contributed by atoms with Crippen LogP contribution in [0.5, 0.6) is 11.5 Å². The van der Waals surface area contributed by atoms with Crippen LogP contribution in [0, 0.1) is 18.5 Å². The zero-order chi connectivity index (χ0) is 56.0. The Kier molecular flexibility index (Phi) is 12.3. The van der Waals surface area contributed by atoms with E-state index in [0.717, 1.165) is 117 Å². The maximum Gasteiger partial charge on any atom is 0.268 e. The summed E-state index contributed by atoms with van der Waals surface area (Å²) >= 11 is 0. The van der Waals surface area contributed by atoms with Gasteiger partial charge in [-0.3, -0.25) is 4.57 Å². The molecule has 86 heavy (non-hydrogen) atoms. The van der Waals surface area contributed by atoms with Crippen molar-refractivity contribution in [3.05, 3.63) is 310 Å². The molecule has 408 valence electrons. The summed E-state index contributed by atoms with van der Waals surface area (Å²) in [5, 5.41) is 7.01. The van der Waals surface area contributed by atoms with E-state index in [1.807, 2.05) is 30.5 Å². The number of hydrogen-bond acceptors (Lipinski definition) is 2. The fraction of sp³-hybridized carbons (Fsp3) is 0. The van der Waals surface area contributed by atoms with Gasteiger partial charge < -0.3 is 23.0 Å². The van der Waals surface area contributed by atoms with Crippen molar-refractivity contribution in [3.8, 4) is 73.4 Å². The summed E-state index contributed by atoms with van der Waals surface area (Å²) in [7, 11) is 0. The second-order valence-electron chi connectivity index (χ2n) is 21.5. The van der Waals surface area contributed by atoms with Gasteiger partial charge in [-0.05, 0) is 99.6 Å². The number of hydrogen-bond donors (Lipinski definition) is 0. The Morgan fingerprint density at radius 1 is 0.349 bits per heavy atom. The van der Waals surface area contributed by atoms with E-state index in [-0.39, 0.29) is 21.1 Å². The van der Waals surface area contributed by atoms with Gasteiger partial charge in [-0.25, -0.2) is 4.98 Å². The van der Waals surface area contributed by atoms with Crippen LogP contribution in [-0.2, 0) is 21.1 Å². The minimum absolute atomic E-state index is 0. The van der Waals surface area contributed by atoms with E-state index in [1.54, 1.807) is 0 Å². The van der Waals surface area contributed by atoms with E-state index in [0.29, 0.717) is 11.5 Å². The zero-order valence-corrected chi connectivity index (χ0v) is 48.4. The molecular weight excluding hydrogens is 1230 g/mol. The number of fused-ring (bicyclic) bond motifs is 10. The Labute approximate surface area is 510 Å². The van der Waals surface area contributed by atoms with Gasteiger partial charge in [0.15, 0.2) is 0 Å². The first-order valence-electron chi connectivity index (χ1n) is 28.6. The number of aromatic nitrogens is 6. The first-order valence-corrected chi connectivity index (χ1v) is 28.6. The third kappa shape index (κ3) is 8.30. The molecule has 17 aromatic rings. The van der Waals surface area contributed by atoms with Crippen LogP contribution >= 0.6 is 0 Å². The molecule has 0 N–H and O–H groups in total. The van der Waals surface area contributed by atoms with Gasteiger partial charge in [0.2, 0.25) is 0 Å². The molecule has 0 aliphatic carbocycles. The van der Waals surface area contributed by atoms with Gasteiger partial charge >= 0.3 is 0 Å². The molecule has 7 nitrogen and oxygen atoms in total. The van der Waals surface area contributed by atoms with E-state index in [4.69, 9.17) is 9.72 Å². The van der Waals surface area contributed by atoms with Crippen LogP contribution in [0.4, 0.5) is 0 Å². The van der Waals surface area contributed by atoms with E-state index in [1.165, 1.54) is 21.5 Å². The molecule has 0 unspecified atom stereocenters. The second-order valence-corrected chi connectivity index (χ2v) is 21.5. The fourth-order valence-electron chi connectivity index (χ4n) is 12.9. The molecule has 12 aromatic carbocycles. The molecule has 0 saturated carbocycles. The fourth-order valence-corrected chi connectivity index (χ4v) is 12.9. The summed E-state index contributed by atoms with van der Waals surface area (Å²) in [5.41, 5.74) is 18.9. The smallest absolute Gasteiger partial charge is 0.268 e. The third-order valence-electron chi connectivity index (χ3n) is 16.7. The molecular formula is C78H48N6OPt-2. The first-order chi connectivity index (χ1) is 42.2. The van der Waals surface area contributed by atoms with Gasteiger partial charge in [0.25, 0.3) is 6.33 Å². The second kappa shape index (κ2) is 20.8. The summed E-state index contributed by atoms with van der Waals surface area (Å²) in [6.45, 7) is 0. The molecule has 0 bridgehead atoms. The van der Waals surface area contributed by atoms with Gasteiger partial charge in [-0.2, -0.15) is 18.2 Å². The van der Waals surface area contributed by atoms with Gasteiger partial charge in [0, 0.05) is 82.8 Å². The van der Waals surface area contributed by atoms with Crippen LogP contribution in [0.2, 0.25) is 0 Å². The van der Waals surface area contributed by atoms with Crippen molar-refractivity contribution in [2.75, 3.05) is 0 Å². The molecule has 0 aliphatic rings. The normalized spacial score (nSPS) is 11.6. The zero-order valence-electron chi connectivity index (χ0n) is 46.1.